The summed E-state index contributed by atoms with van der Waals surface area (Å²) in [5, 5.41) is 19.2. The van der Waals surface area contributed by atoms with Crippen LogP contribution >= 0.6 is 0 Å². The highest BCUT2D eigenvalue weighted by Gasteiger charge is 2.23. The number of nitrogens with zero attached hydrogens (tertiary/aromatic N) is 2. The molecule has 0 aromatic heterocycles. The molecule has 47 heavy (non-hydrogen) atoms. The van der Waals surface area contributed by atoms with Gasteiger partial charge in [0.1, 0.15) is 0 Å². The highest BCUT2D eigenvalue weighted by molar-refractivity contribution is 7.91. The number of hydrogen-bond donors (Lipinski definition) is 0. The molecule has 2 unspecified atom stereocenters. The Balaban J connectivity index is 3.74. The van der Waals surface area contributed by atoms with Crippen LogP contribution in [0.15, 0.2) is 0 Å². The van der Waals surface area contributed by atoms with Crippen LogP contribution in [-0.4, -0.2) is 19.9 Å². The molecule has 0 aliphatic heterocycles. The first-order chi connectivity index (χ1) is 23.0. The summed E-state index contributed by atoms with van der Waals surface area (Å²) < 4.78 is 25.6. The van der Waals surface area contributed by atoms with Gasteiger partial charge in [0.05, 0.1) is 35.5 Å². The molecule has 0 aromatic rings. The van der Waals surface area contributed by atoms with Crippen LogP contribution in [0.25, 0.3) is 0 Å². The molecule has 0 rings (SSSR count). The van der Waals surface area contributed by atoms with Gasteiger partial charge in [0, 0.05) is 0 Å². The first kappa shape index (κ1) is 45.9. The summed E-state index contributed by atoms with van der Waals surface area (Å²) in [5.74, 6) is -1.05. The number of hydrogen-bond acceptors (Lipinski definition) is 4. The van der Waals surface area contributed by atoms with Crippen molar-refractivity contribution < 1.29 is 8.42 Å². The van der Waals surface area contributed by atoms with Gasteiger partial charge >= 0.3 is 0 Å². The molecule has 0 amide bonds. The molecule has 0 fully saturated rings. The first-order valence-corrected chi connectivity index (χ1v) is 22.8. The Morgan fingerprint density at radius 3 is 0.745 bits per heavy atom. The zero-order valence-electron chi connectivity index (χ0n) is 31.7. The highest BCUT2D eigenvalue weighted by Crippen LogP contribution is 2.20. The lowest BCUT2D eigenvalue weighted by Crippen LogP contribution is -2.22. The van der Waals surface area contributed by atoms with Gasteiger partial charge in [-0.1, -0.05) is 219 Å². The van der Waals surface area contributed by atoms with E-state index < -0.39 is 21.7 Å². The average Bonchev–Trinajstić information content (AvgIpc) is 3.06. The van der Waals surface area contributed by atoms with E-state index in [2.05, 4.69) is 26.0 Å². The van der Waals surface area contributed by atoms with Crippen LogP contribution < -0.4 is 0 Å². The second-order valence-electron chi connectivity index (χ2n) is 14.9. The third kappa shape index (κ3) is 34.6. The molecule has 0 aromatic carbocycles. The molecule has 0 aliphatic carbocycles. The van der Waals surface area contributed by atoms with Gasteiger partial charge in [-0.3, -0.25) is 0 Å². The fraction of sp³-hybridized carbons (Fsp3) is 0.952. The number of nitriles is 2. The molecule has 276 valence electrons. The van der Waals surface area contributed by atoms with Crippen molar-refractivity contribution in [3.63, 3.8) is 0 Å². The van der Waals surface area contributed by atoms with Gasteiger partial charge in [0.15, 0.2) is 9.84 Å². The minimum atomic E-state index is -3.39. The molecule has 0 heterocycles. The van der Waals surface area contributed by atoms with Crippen molar-refractivity contribution in [3.8, 4) is 12.1 Å². The molecule has 2 atom stereocenters. The van der Waals surface area contributed by atoms with Crippen molar-refractivity contribution >= 4 is 9.84 Å². The molecule has 0 N–H and O–H groups in total. The van der Waals surface area contributed by atoms with E-state index in [1.54, 1.807) is 0 Å². The SMILES string of the molecule is CCCCCCCCCCCCCCCCCCC(C#N)CS(=O)(=O)CC(C#N)CCCCCCCCCCCCCCCCCC. The van der Waals surface area contributed by atoms with Crippen LogP contribution in [0.1, 0.15) is 232 Å². The smallest absolute Gasteiger partial charge is 0.152 e. The predicted octanol–water partition coefficient (Wildman–Crippen LogP) is 14.0. The van der Waals surface area contributed by atoms with Crippen molar-refractivity contribution in [2.75, 3.05) is 11.5 Å². The van der Waals surface area contributed by atoms with Gasteiger partial charge in [-0.15, -0.1) is 0 Å². The van der Waals surface area contributed by atoms with Crippen LogP contribution in [-0.2, 0) is 9.84 Å². The third-order valence-corrected chi connectivity index (χ3v) is 11.9. The summed E-state index contributed by atoms with van der Waals surface area (Å²) in [6, 6.07) is 4.48. The molecule has 0 saturated heterocycles. The van der Waals surface area contributed by atoms with E-state index in [-0.39, 0.29) is 11.5 Å². The molecule has 5 heteroatoms. The third-order valence-electron chi connectivity index (χ3n) is 10.1. The monoisotopic (exact) mass is 677 g/mol. The van der Waals surface area contributed by atoms with E-state index in [9.17, 15) is 18.9 Å². The summed E-state index contributed by atoms with van der Waals surface area (Å²) in [7, 11) is -3.39. The lowest BCUT2D eigenvalue weighted by molar-refractivity contribution is 0.509. The summed E-state index contributed by atoms with van der Waals surface area (Å²) in [6.07, 6.45) is 43.2. The lowest BCUT2D eigenvalue weighted by Gasteiger charge is -2.13. The fourth-order valence-corrected chi connectivity index (χ4v) is 8.77. The maximum Gasteiger partial charge on any atom is 0.152 e. The summed E-state index contributed by atoms with van der Waals surface area (Å²) in [4.78, 5) is 0. The maximum absolute atomic E-state index is 12.8. The second-order valence-corrected chi connectivity index (χ2v) is 17.1. The van der Waals surface area contributed by atoms with E-state index in [4.69, 9.17) is 0 Å². The summed E-state index contributed by atoms with van der Waals surface area (Å²) in [6.45, 7) is 4.55. The van der Waals surface area contributed by atoms with Crippen LogP contribution in [0, 0.1) is 34.5 Å². The van der Waals surface area contributed by atoms with Gasteiger partial charge in [0.2, 0.25) is 0 Å². The summed E-state index contributed by atoms with van der Waals surface area (Å²) in [5.41, 5.74) is 0. The van der Waals surface area contributed by atoms with Crippen molar-refractivity contribution in [2.24, 2.45) is 11.8 Å². The Labute approximate surface area is 295 Å². The van der Waals surface area contributed by atoms with Crippen molar-refractivity contribution in [2.45, 2.75) is 232 Å². The topological polar surface area (TPSA) is 81.7 Å². The molecular weight excluding hydrogens is 597 g/mol. The van der Waals surface area contributed by atoms with Crippen molar-refractivity contribution in [1.82, 2.24) is 0 Å². The molecule has 0 bridgehead atoms. The minimum Gasteiger partial charge on any atom is -0.229 e. The van der Waals surface area contributed by atoms with E-state index in [0.29, 0.717) is 12.8 Å². The molecule has 0 radical (unpaired) electrons. The summed E-state index contributed by atoms with van der Waals surface area (Å²) >= 11 is 0. The van der Waals surface area contributed by atoms with E-state index in [0.717, 1.165) is 25.7 Å². The quantitative estimate of drug-likeness (QED) is 0.0609. The Morgan fingerprint density at radius 2 is 0.553 bits per heavy atom. The maximum atomic E-state index is 12.8. The molecular formula is C42H80N2O2S. The largest absolute Gasteiger partial charge is 0.229 e. The lowest BCUT2D eigenvalue weighted by atomic mass is 10.0. The normalized spacial score (nSPS) is 12.9. The van der Waals surface area contributed by atoms with Crippen LogP contribution in [0.3, 0.4) is 0 Å². The Morgan fingerprint density at radius 1 is 0.362 bits per heavy atom. The van der Waals surface area contributed by atoms with Crippen LogP contribution in [0.4, 0.5) is 0 Å². The van der Waals surface area contributed by atoms with E-state index in [1.807, 2.05) is 0 Å². The zero-order valence-corrected chi connectivity index (χ0v) is 32.5. The standard InChI is InChI=1S/C42H80N2O2S/c1-3-5-7-9-11-13-15-17-19-21-23-25-27-29-31-33-35-41(37-43)39-47(45,46)40-42(38-44)36-34-32-30-28-26-24-22-20-18-16-14-12-10-8-6-4-2/h41-42H,3-36,39-40H2,1-2H3. The highest BCUT2D eigenvalue weighted by atomic mass is 32.2. The first-order valence-electron chi connectivity index (χ1n) is 21.0. The zero-order chi connectivity index (χ0) is 34.5. The Bertz CT molecular complexity index is 767. The van der Waals surface area contributed by atoms with Crippen LogP contribution in [0.5, 0.6) is 0 Å². The van der Waals surface area contributed by atoms with E-state index in [1.165, 1.54) is 180 Å². The molecule has 4 nitrogen and oxygen atoms in total. The predicted molar refractivity (Wildman–Crippen MR) is 205 cm³/mol. The fourth-order valence-electron chi connectivity index (χ4n) is 6.93. The Hall–Kier alpha value is -1.07. The van der Waals surface area contributed by atoms with E-state index >= 15 is 0 Å². The Kier molecular flexibility index (Phi) is 35.4. The number of unbranched alkanes of at least 4 members (excludes halogenated alkanes) is 30. The number of rotatable bonds is 38. The molecule has 0 spiro atoms. The van der Waals surface area contributed by atoms with Crippen LogP contribution in [0.2, 0.25) is 0 Å². The number of sulfone groups is 1. The van der Waals surface area contributed by atoms with Gasteiger partial charge in [-0.05, 0) is 12.8 Å². The minimum absolute atomic E-state index is 0.0839. The van der Waals surface area contributed by atoms with Crippen molar-refractivity contribution in [3.05, 3.63) is 0 Å². The average molecular weight is 677 g/mol. The second kappa shape index (κ2) is 36.2. The van der Waals surface area contributed by atoms with Gasteiger partial charge < -0.3 is 0 Å². The molecule has 0 aliphatic rings. The van der Waals surface area contributed by atoms with Crippen molar-refractivity contribution in [1.29, 1.82) is 10.5 Å². The van der Waals surface area contributed by atoms with Gasteiger partial charge in [-0.25, -0.2) is 8.42 Å². The van der Waals surface area contributed by atoms with Gasteiger partial charge in [0.25, 0.3) is 0 Å². The molecule has 0 saturated carbocycles. The van der Waals surface area contributed by atoms with Gasteiger partial charge in [-0.2, -0.15) is 10.5 Å².